The second kappa shape index (κ2) is 11.7. The minimum Gasteiger partial charge on any atom is -0.495 e. The number of pyridine rings is 1. The molecule has 0 bridgehead atoms. The van der Waals surface area contributed by atoms with E-state index in [1.165, 1.54) is 7.11 Å². The number of aromatic nitrogens is 2. The lowest BCUT2D eigenvalue weighted by molar-refractivity contribution is -0.119. The van der Waals surface area contributed by atoms with Crippen LogP contribution in [0.3, 0.4) is 0 Å². The quantitative estimate of drug-likeness (QED) is 0.253. The van der Waals surface area contributed by atoms with Crippen molar-refractivity contribution >= 4 is 46.2 Å². The van der Waals surface area contributed by atoms with Gasteiger partial charge in [-0.3, -0.25) is 9.78 Å². The van der Waals surface area contributed by atoms with Crippen molar-refractivity contribution in [2.24, 2.45) is 0 Å². The maximum Gasteiger partial charge on any atom is 0.250 e. The molecule has 2 atom stereocenters. The van der Waals surface area contributed by atoms with Crippen LogP contribution in [0, 0.1) is 13.8 Å². The summed E-state index contributed by atoms with van der Waals surface area (Å²) in [7, 11) is 3.04. The van der Waals surface area contributed by atoms with Crippen LogP contribution in [-0.2, 0) is 9.53 Å². The molecule has 0 radical (unpaired) electrons. The predicted octanol–water partition coefficient (Wildman–Crippen LogP) is 5.91. The number of aryl methyl sites for hydroxylation is 1. The van der Waals surface area contributed by atoms with Gasteiger partial charge < -0.3 is 29.6 Å². The molecule has 0 aliphatic carbocycles. The number of rotatable bonds is 8. The molecule has 0 spiro atoms. The number of ether oxygens (including phenoxy) is 2. The third-order valence-electron chi connectivity index (χ3n) is 6.96. The molecule has 1 aliphatic rings. The SMILES string of the molecule is COCC(=O)Nc1cc(N2C(=S)NC(c3ccccn3)C2c2cc(C)n(-c3cccc(Cl)c3)c2C)ccc1OC. The average Bonchev–Trinajstić information content (AvgIpc) is 3.44. The van der Waals surface area contributed by atoms with Crippen LogP contribution in [0.15, 0.2) is 72.9 Å². The second-order valence-corrected chi connectivity index (χ2v) is 10.3. The standard InChI is InChI=1S/C30H30ClN5O3S/c1-18-14-23(19(2)35(18)21-9-7-8-20(31)15-21)29-28(24-10-5-6-13-32-24)34-30(40)36(29)22-11-12-26(39-4)25(16-22)33-27(37)17-38-3/h5-16,28-29H,17H2,1-4H3,(H,33,37)(H,34,40). The van der Waals surface area contributed by atoms with Crippen LogP contribution in [0.25, 0.3) is 5.69 Å². The van der Waals surface area contributed by atoms with E-state index in [1.54, 1.807) is 13.3 Å². The fourth-order valence-electron chi connectivity index (χ4n) is 5.31. The molecule has 2 aromatic heterocycles. The van der Waals surface area contributed by atoms with Crippen LogP contribution >= 0.6 is 23.8 Å². The number of nitrogens with one attached hydrogen (secondary N) is 2. The molecule has 5 rings (SSSR count). The summed E-state index contributed by atoms with van der Waals surface area (Å²) >= 11 is 12.3. The van der Waals surface area contributed by atoms with Crippen molar-refractivity contribution in [3.05, 3.63) is 101 Å². The molecule has 40 heavy (non-hydrogen) atoms. The van der Waals surface area contributed by atoms with Crippen LogP contribution in [0.5, 0.6) is 5.75 Å². The van der Waals surface area contributed by atoms with E-state index < -0.39 is 0 Å². The van der Waals surface area contributed by atoms with Crippen molar-refractivity contribution in [1.82, 2.24) is 14.9 Å². The molecule has 2 N–H and O–H groups in total. The molecule has 8 nitrogen and oxygen atoms in total. The number of methoxy groups -OCH3 is 2. The fraction of sp³-hybridized carbons (Fsp3) is 0.233. The molecule has 3 heterocycles. The Hall–Kier alpha value is -3.92. The van der Waals surface area contributed by atoms with Gasteiger partial charge in [-0.15, -0.1) is 0 Å². The van der Waals surface area contributed by atoms with E-state index in [9.17, 15) is 4.79 Å². The molecule has 4 aromatic rings. The Bertz CT molecular complexity index is 1560. The second-order valence-electron chi connectivity index (χ2n) is 9.50. The van der Waals surface area contributed by atoms with E-state index in [0.29, 0.717) is 21.6 Å². The summed E-state index contributed by atoms with van der Waals surface area (Å²) in [6.07, 6.45) is 1.78. The Morgan fingerprint density at radius 2 is 1.90 bits per heavy atom. The Kier molecular flexibility index (Phi) is 8.07. The molecule has 206 valence electrons. The normalized spacial score (nSPS) is 16.6. The highest BCUT2D eigenvalue weighted by atomic mass is 35.5. The van der Waals surface area contributed by atoms with Gasteiger partial charge in [0.2, 0.25) is 5.91 Å². The summed E-state index contributed by atoms with van der Waals surface area (Å²) in [5.74, 6) is 0.247. The Morgan fingerprint density at radius 1 is 1.07 bits per heavy atom. The van der Waals surface area contributed by atoms with Gasteiger partial charge in [0, 0.05) is 41.1 Å². The number of benzene rings is 2. The smallest absolute Gasteiger partial charge is 0.250 e. The lowest BCUT2D eigenvalue weighted by Crippen LogP contribution is -2.29. The zero-order valence-corrected chi connectivity index (χ0v) is 24.2. The first-order valence-corrected chi connectivity index (χ1v) is 13.5. The van der Waals surface area contributed by atoms with Gasteiger partial charge in [-0.25, -0.2) is 0 Å². The Morgan fingerprint density at radius 3 is 2.60 bits per heavy atom. The Balaban J connectivity index is 1.65. The number of anilines is 2. The van der Waals surface area contributed by atoms with E-state index >= 15 is 0 Å². The van der Waals surface area contributed by atoms with E-state index in [0.717, 1.165) is 34.0 Å². The number of hydrogen-bond donors (Lipinski definition) is 2. The third kappa shape index (κ3) is 5.28. The molecule has 1 amide bonds. The number of nitrogens with zero attached hydrogens (tertiary/aromatic N) is 3. The van der Waals surface area contributed by atoms with Gasteiger partial charge in [0.1, 0.15) is 12.4 Å². The summed E-state index contributed by atoms with van der Waals surface area (Å²) in [5.41, 5.74) is 6.37. The van der Waals surface area contributed by atoms with Crippen LogP contribution in [0.2, 0.25) is 5.02 Å². The largest absolute Gasteiger partial charge is 0.495 e. The summed E-state index contributed by atoms with van der Waals surface area (Å²) in [5, 5.41) is 7.61. The molecule has 1 aliphatic heterocycles. The maximum atomic E-state index is 12.4. The number of halogens is 1. The minimum atomic E-state index is -0.284. The molecule has 10 heteroatoms. The van der Waals surface area contributed by atoms with E-state index in [4.69, 9.17) is 33.3 Å². The molecule has 1 saturated heterocycles. The zero-order chi connectivity index (χ0) is 28.4. The lowest BCUT2D eigenvalue weighted by atomic mass is 9.96. The van der Waals surface area contributed by atoms with Crippen molar-refractivity contribution in [1.29, 1.82) is 0 Å². The maximum absolute atomic E-state index is 12.4. The molecular weight excluding hydrogens is 546 g/mol. The number of amides is 1. The predicted molar refractivity (Wildman–Crippen MR) is 162 cm³/mol. The van der Waals surface area contributed by atoms with Gasteiger partial charge in [0.15, 0.2) is 5.11 Å². The molecule has 0 saturated carbocycles. The summed E-state index contributed by atoms with van der Waals surface area (Å²) in [6, 6.07) is 21.0. The summed E-state index contributed by atoms with van der Waals surface area (Å²) in [6.45, 7) is 4.11. The Labute approximate surface area is 243 Å². The lowest BCUT2D eigenvalue weighted by Gasteiger charge is -2.29. The van der Waals surface area contributed by atoms with Gasteiger partial charge in [-0.2, -0.15) is 0 Å². The number of carbonyl (C=O) groups is 1. The van der Waals surface area contributed by atoms with E-state index in [-0.39, 0.29) is 24.6 Å². The molecular formula is C30H30ClN5O3S. The van der Waals surface area contributed by atoms with Gasteiger partial charge in [-0.05, 0) is 86.2 Å². The molecule has 2 aromatic carbocycles. The minimum absolute atomic E-state index is 0.0725. The van der Waals surface area contributed by atoms with Crippen LogP contribution < -0.4 is 20.3 Å². The van der Waals surface area contributed by atoms with E-state index in [1.807, 2.05) is 60.7 Å². The topological polar surface area (TPSA) is 80.7 Å². The highest BCUT2D eigenvalue weighted by Crippen LogP contribution is 2.45. The van der Waals surface area contributed by atoms with Crippen molar-refractivity contribution in [3.63, 3.8) is 0 Å². The van der Waals surface area contributed by atoms with Crippen molar-refractivity contribution in [3.8, 4) is 11.4 Å². The first-order chi connectivity index (χ1) is 19.3. The van der Waals surface area contributed by atoms with Crippen molar-refractivity contribution in [2.45, 2.75) is 25.9 Å². The van der Waals surface area contributed by atoms with Crippen LogP contribution in [0.4, 0.5) is 11.4 Å². The number of hydrogen-bond acceptors (Lipinski definition) is 5. The number of thiocarbonyl (C=S) groups is 1. The molecule has 1 fully saturated rings. The van der Waals surface area contributed by atoms with Gasteiger partial charge in [0.05, 0.1) is 30.6 Å². The van der Waals surface area contributed by atoms with Gasteiger partial charge >= 0.3 is 0 Å². The average molecular weight is 576 g/mol. The first kappa shape index (κ1) is 27.6. The first-order valence-electron chi connectivity index (χ1n) is 12.7. The van der Waals surface area contributed by atoms with Crippen molar-refractivity contribution < 1.29 is 14.3 Å². The van der Waals surface area contributed by atoms with Crippen LogP contribution in [0.1, 0.15) is 34.7 Å². The monoisotopic (exact) mass is 575 g/mol. The summed E-state index contributed by atoms with van der Waals surface area (Å²) < 4.78 is 12.7. The highest BCUT2D eigenvalue weighted by Gasteiger charge is 2.42. The summed E-state index contributed by atoms with van der Waals surface area (Å²) in [4.78, 5) is 19.1. The van der Waals surface area contributed by atoms with E-state index in [2.05, 4.69) is 45.0 Å². The van der Waals surface area contributed by atoms with Crippen LogP contribution in [-0.4, -0.2) is 41.4 Å². The fourth-order valence-corrected chi connectivity index (χ4v) is 5.84. The third-order valence-corrected chi connectivity index (χ3v) is 7.51. The van der Waals surface area contributed by atoms with Crippen molar-refractivity contribution in [2.75, 3.05) is 31.0 Å². The highest BCUT2D eigenvalue weighted by molar-refractivity contribution is 7.80. The van der Waals surface area contributed by atoms with Gasteiger partial charge in [-0.1, -0.05) is 23.7 Å². The van der Waals surface area contributed by atoms with Gasteiger partial charge in [0.25, 0.3) is 0 Å². The number of carbonyl (C=O) groups excluding carboxylic acids is 1. The zero-order valence-electron chi connectivity index (χ0n) is 22.6. The molecule has 2 unspecified atom stereocenters.